The van der Waals surface area contributed by atoms with Crippen molar-refractivity contribution in [2.75, 3.05) is 5.75 Å². The molecule has 8 heteroatoms. The molecule has 0 spiro atoms. The molecule has 4 N–H and O–H groups in total. The lowest BCUT2D eigenvalue weighted by Gasteiger charge is -2.22. The standard InChI is InChI=1S/C32H61NO6S/c1-3-5-7-9-11-13-14-15-16-17-18-19-21-22-24-26-30(34)29(28-40(37,38)39)33-32(36)31(35)27-25-23-20-12-10-8-6-4-2/h20,23-24,26,29-31,34-35H,3-19,21-22,25,27-28H2,1-2H3,(H,33,36)(H,37,38,39)/b23-20-,26-24+. The average molecular weight is 588 g/mol. The fourth-order valence-electron chi connectivity index (χ4n) is 4.69. The highest BCUT2D eigenvalue weighted by atomic mass is 32.2. The second-order valence-corrected chi connectivity index (χ2v) is 12.7. The van der Waals surface area contributed by atoms with Crippen molar-refractivity contribution in [3.05, 3.63) is 24.3 Å². The van der Waals surface area contributed by atoms with Crippen LogP contribution in [-0.4, -0.2) is 53.1 Å². The number of amides is 1. The third kappa shape index (κ3) is 25.7. The molecule has 0 radical (unpaired) electrons. The molecule has 0 aromatic rings. The van der Waals surface area contributed by atoms with Crippen molar-refractivity contribution in [3.63, 3.8) is 0 Å². The van der Waals surface area contributed by atoms with Gasteiger partial charge in [0.2, 0.25) is 5.91 Å². The Morgan fingerprint density at radius 3 is 1.60 bits per heavy atom. The van der Waals surface area contributed by atoms with Crippen molar-refractivity contribution in [2.24, 2.45) is 0 Å². The van der Waals surface area contributed by atoms with E-state index in [1.165, 1.54) is 96.0 Å². The first-order chi connectivity index (χ1) is 19.2. The predicted molar refractivity (Wildman–Crippen MR) is 167 cm³/mol. The number of aliphatic hydroxyl groups is 2. The van der Waals surface area contributed by atoms with Crippen LogP contribution in [0.3, 0.4) is 0 Å². The number of carbonyl (C=O) groups is 1. The van der Waals surface area contributed by atoms with Gasteiger partial charge in [-0.05, 0) is 38.5 Å². The normalized spacial score (nSPS) is 14.6. The summed E-state index contributed by atoms with van der Waals surface area (Å²) >= 11 is 0. The number of hydrogen-bond donors (Lipinski definition) is 4. The lowest BCUT2D eigenvalue weighted by atomic mass is 10.0. The quantitative estimate of drug-likeness (QED) is 0.0429. The minimum atomic E-state index is -4.43. The maximum absolute atomic E-state index is 12.4. The number of allylic oxidation sites excluding steroid dienone is 3. The van der Waals surface area contributed by atoms with Crippen molar-refractivity contribution >= 4 is 16.0 Å². The molecule has 40 heavy (non-hydrogen) atoms. The number of nitrogens with one attached hydrogen (secondary N) is 1. The summed E-state index contributed by atoms with van der Waals surface area (Å²) in [6.45, 7) is 4.41. The summed E-state index contributed by atoms with van der Waals surface area (Å²) in [4.78, 5) is 12.4. The fourth-order valence-corrected chi connectivity index (χ4v) is 5.43. The van der Waals surface area contributed by atoms with Gasteiger partial charge in [-0.15, -0.1) is 0 Å². The third-order valence-corrected chi connectivity index (χ3v) is 8.02. The zero-order valence-electron chi connectivity index (χ0n) is 25.6. The monoisotopic (exact) mass is 587 g/mol. The molecule has 0 aliphatic heterocycles. The van der Waals surface area contributed by atoms with Crippen LogP contribution in [0.1, 0.15) is 149 Å². The molecule has 0 saturated carbocycles. The largest absolute Gasteiger partial charge is 0.387 e. The van der Waals surface area contributed by atoms with E-state index in [-0.39, 0.29) is 6.42 Å². The number of rotatable bonds is 28. The Bertz CT molecular complexity index is 753. The van der Waals surface area contributed by atoms with E-state index in [0.717, 1.165) is 32.1 Å². The van der Waals surface area contributed by atoms with Gasteiger partial charge >= 0.3 is 0 Å². The Kier molecular flexibility index (Phi) is 25.9. The SMILES string of the molecule is CCCCCC/C=C\CCC(O)C(=O)NC(CS(=O)(=O)O)C(O)/C=C/CCCCCCCCCCCCCCC. The summed E-state index contributed by atoms with van der Waals surface area (Å²) in [5.74, 6) is -1.58. The van der Waals surface area contributed by atoms with Gasteiger partial charge in [-0.1, -0.05) is 134 Å². The van der Waals surface area contributed by atoms with E-state index in [2.05, 4.69) is 19.2 Å². The summed E-state index contributed by atoms with van der Waals surface area (Å²) in [6.07, 6.45) is 28.3. The fraction of sp³-hybridized carbons (Fsp3) is 0.844. The molecular formula is C32H61NO6S. The highest BCUT2D eigenvalue weighted by Crippen LogP contribution is 2.13. The van der Waals surface area contributed by atoms with Crippen LogP contribution in [0.4, 0.5) is 0 Å². The Labute approximate surface area is 246 Å². The molecule has 0 aromatic heterocycles. The smallest absolute Gasteiger partial charge is 0.267 e. The Morgan fingerprint density at radius 1 is 0.675 bits per heavy atom. The van der Waals surface area contributed by atoms with Gasteiger partial charge in [0.25, 0.3) is 10.1 Å². The molecule has 0 bridgehead atoms. The second-order valence-electron chi connectivity index (χ2n) is 11.2. The number of aliphatic hydroxyl groups excluding tert-OH is 2. The van der Waals surface area contributed by atoms with Gasteiger partial charge in [0, 0.05) is 0 Å². The van der Waals surface area contributed by atoms with Gasteiger partial charge in [-0.2, -0.15) is 8.42 Å². The number of unbranched alkanes of at least 4 members (excludes halogenated alkanes) is 17. The predicted octanol–water partition coefficient (Wildman–Crippen LogP) is 7.43. The van der Waals surface area contributed by atoms with E-state index in [9.17, 15) is 28.0 Å². The Morgan fingerprint density at radius 2 is 1.10 bits per heavy atom. The average Bonchev–Trinajstić information content (AvgIpc) is 2.90. The summed E-state index contributed by atoms with van der Waals surface area (Å²) in [7, 11) is -4.43. The van der Waals surface area contributed by atoms with Crippen LogP contribution in [0, 0.1) is 0 Å². The zero-order chi connectivity index (χ0) is 29.9. The van der Waals surface area contributed by atoms with Crippen LogP contribution in [0.15, 0.2) is 24.3 Å². The third-order valence-electron chi connectivity index (χ3n) is 7.24. The molecular weight excluding hydrogens is 526 g/mol. The topological polar surface area (TPSA) is 124 Å². The Hall–Kier alpha value is -1.22. The van der Waals surface area contributed by atoms with Gasteiger partial charge in [-0.3, -0.25) is 9.35 Å². The highest BCUT2D eigenvalue weighted by molar-refractivity contribution is 7.85. The van der Waals surface area contributed by atoms with Crippen molar-refractivity contribution < 1.29 is 28.0 Å². The van der Waals surface area contributed by atoms with E-state index in [1.807, 2.05) is 12.2 Å². The molecule has 0 aliphatic carbocycles. The first kappa shape index (κ1) is 38.8. The second kappa shape index (κ2) is 26.7. The van der Waals surface area contributed by atoms with E-state index >= 15 is 0 Å². The van der Waals surface area contributed by atoms with Crippen molar-refractivity contribution in [1.82, 2.24) is 5.32 Å². The molecule has 3 atom stereocenters. The first-order valence-electron chi connectivity index (χ1n) is 16.1. The van der Waals surface area contributed by atoms with E-state index in [0.29, 0.717) is 6.42 Å². The molecule has 0 saturated heterocycles. The van der Waals surface area contributed by atoms with Crippen LogP contribution in [0.5, 0.6) is 0 Å². The molecule has 7 nitrogen and oxygen atoms in total. The van der Waals surface area contributed by atoms with Crippen LogP contribution in [0.2, 0.25) is 0 Å². The van der Waals surface area contributed by atoms with Crippen molar-refractivity contribution in [3.8, 4) is 0 Å². The van der Waals surface area contributed by atoms with Gasteiger partial charge in [0.1, 0.15) is 6.10 Å². The van der Waals surface area contributed by atoms with Crippen molar-refractivity contribution in [1.29, 1.82) is 0 Å². The molecule has 1 amide bonds. The van der Waals surface area contributed by atoms with Gasteiger partial charge in [-0.25, -0.2) is 0 Å². The minimum absolute atomic E-state index is 0.195. The van der Waals surface area contributed by atoms with Crippen LogP contribution in [-0.2, 0) is 14.9 Å². The summed E-state index contributed by atoms with van der Waals surface area (Å²) in [6, 6.07) is -1.24. The lowest BCUT2D eigenvalue weighted by Crippen LogP contribution is -2.50. The van der Waals surface area contributed by atoms with E-state index in [1.54, 1.807) is 6.08 Å². The summed E-state index contributed by atoms with van der Waals surface area (Å²) < 4.78 is 32.2. The molecule has 0 aromatic carbocycles. The first-order valence-corrected chi connectivity index (χ1v) is 17.8. The molecule has 0 aliphatic rings. The zero-order valence-corrected chi connectivity index (χ0v) is 26.4. The minimum Gasteiger partial charge on any atom is -0.387 e. The maximum atomic E-state index is 12.4. The van der Waals surface area contributed by atoms with Crippen LogP contribution >= 0.6 is 0 Å². The van der Waals surface area contributed by atoms with Gasteiger partial charge < -0.3 is 15.5 Å². The molecule has 0 heterocycles. The molecule has 236 valence electrons. The van der Waals surface area contributed by atoms with E-state index < -0.39 is 40.0 Å². The Balaban J connectivity index is 4.22. The number of carbonyl (C=O) groups excluding carboxylic acids is 1. The van der Waals surface area contributed by atoms with Gasteiger partial charge in [0.15, 0.2) is 0 Å². The lowest BCUT2D eigenvalue weighted by molar-refractivity contribution is -0.130. The molecule has 3 unspecified atom stereocenters. The van der Waals surface area contributed by atoms with Crippen LogP contribution in [0.25, 0.3) is 0 Å². The number of hydrogen-bond acceptors (Lipinski definition) is 5. The molecule has 0 fully saturated rings. The highest BCUT2D eigenvalue weighted by Gasteiger charge is 2.27. The van der Waals surface area contributed by atoms with E-state index in [4.69, 9.17) is 0 Å². The maximum Gasteiger partial charge on any atom is 0.267 e. The van der Waals surface area contributed by atoms with Crippen LogP contribution < -0.4 is 5.32 Å². The molecule has 0 rings (SSSR count). The van der Waals surface area contributed by atoms with Gasteiger partial charge in [0.05, 0.1) is 17.9 Å². The van der Waals surface area contributed by atoms with Crippen molar-refractivity contribution in [2.45, 2.75) is 167 Å². The summed E-state index contributed by atoms with van der Waals surface area (Å²) in [5, 5.41) is 23.0. The summed E-state index contributed by atoms with van der Waals surface area (Å²) in [5.41, 5.74) is 0.